The number of hydrogen-bond donors (Lipinski definition) is 1. The van der Waals surface area contributed by atoms with Crippen molar-refractivity contribution in [3.63, 3.8) is 0 Å². The maximum atomic E-state index is 6.05. The highest BCUT2D eigenvalue weighted by Gasteiger charge is 2.26. The van der Waals surface area contributed by atoms with E-state index in [1.54, 1.807) is 0 Å². The highest BCUT2D eigenvalue weighted by atomic mass is 15.2. The lowest BCUT2D eigenvalue weighted by Crippen LogP contribution is -2.22. The molecule has 2 aromatic carbocycles. The number of aromatic nitrogens is 2. The Bertz CT molecular complexity index is 758. The summed E-state index contributed by atoms with van der Waals surface area (Å²) in [6.07, 6.45) is 1.14. The van der Waals surface area contributed by atoms with Gasteiger partial charge in [0.1, 0.15) is 0 Å². The monoisotopic (exact) mass is 249 g/mol. The molecule has 0 fully saturated rings. The second-order valence-corrected chi connectivity index (χ2v) is 5.17. The summed E-state index contributed by atoms with van der Waals surface area (Å²) < 4.78 is 2.13. The summed E-state index contributed by atoms with van der Waals surface area (Å²) in [6, 6.07) is 16.8. The van der Waals surface area contributed by atoms with Crippen LogP contribution in [0.4, 0.5) is 5.95 Å². The van der Waals surface area contributed by atoms with Crippen LogP contribution in [0.25, 0.3) is 11.0 Å². The van der Waals surface area contributed by atoms with E-state index in [4.69, 9.17) is 5.73 Å². The molecule has 1 aliphatic carbocycles. The Morgan fingerprint density at radius 1 is 1.11 bits per heavy atom. The molecule has 0 radical (unpaired) electrons. The highest BCUT2D eigenvalue weighted by Crippen LogP contribution is 2.37. The largest absolute Gasteiger partial charge is 0.369 e. The van der Waals surface area contributed by atoms with Gasteiger partial charge in [0.05, 0.1) is 11.0 Å². The molecule has 3 heteroatoms. The van der Waals surface area contributed by atoms with Crippen molar-refractivity contribution in [1.29, 1.82) is 0 Å². The number of nitrogens with zero attached hydrogens (tertiary/aromatic N) is 2. The van der Waals surface area contributed by atoms with Crippen molar-refractivity contribution in [2.75, 3.05) is 5.73 Å². The van der Waals surface area contributed by atoms with Gasteiger partial charge >= 0.3 is 0 Å². The van der Waals surface area contributed by atoms with E-state index in [1.807, 2.05) is 18.2 Å². The van der Waals surface area contributed by atoms with E-state index in [0.29, 0.717) is 11.9 Å². The normalized spacial score (nSPS) is 17.2. The predicted molar refractivity (Wildman–Crippen MR) is 77.0 cm³/mol. The van der Waals surface area contributed by atoms with Crippen LogP contribution in [0.3, 0.4) is 0 Å². The zero-order valence-electron chi connectivity index (χ0n) is 10.6. The molecule has 0 saturated carbocycles. The Labute approximate surface area is 111 Å². The molecule has 3 aromatic rings. The van der Waals surface area contributed by atoms with Crippen molar-refractivity contribution in [2.24, 2.45) is 0 Å². The Morgan fingerprint density at radius 3 is 2.79 bits per heavy atom. The summed E-state index contributed by atoms with van der Waals surface area (Å²) in [4.78, 5) is 4.42. The molecule has 1 atom stereocenters. The lowest BCUT2D eigenvalue weighted by Gasteiger charge is -2.30. The zero-order valence-corrected chi connectivity index (χ0v) is 10.6. The molecule has 1 aliphatic rings. The van der Waals surface area contributed by atoms with Gasteiger partial charge < -0.3 is 10.3 Å². The number of imidazole rings is 1. The minimum Gasteiger partial charge on any atom is -0.369 e. The number of hydrogen-bond acceptors (Lipinski definition) is 2. The molecule has 19 heavy (non-hydrogen) atoms. The Balaban J connectivity index is 1.72. The third-order valence-corrected chi connectivity index (χ3v) is 4.05. The number of para-hydroxylation sites is 2. The fourth-order valence-corrected chi connectivity index (χ4v) is 3.03. The quantitative estimate of drug-likeness (QED) is 0.758. The molecule has 4 rings (SSSR count). The third kappa shape index (κ3) is 1.55. The van der Waals surface area contributed by atoms with Gasteiger partial charge in [-0.05, 0) is 29.7 Å². The standard InChI is InChI=1S/C16H15N3/c17-16-18-14-7-3-4-8-15(14)19(16)10-12-9-11-5-1-2-6-13(11)12/h1-8,12H,9-10H2,(H2,17,18). The molecule has 2 N–H and O–H groups in total. The van der Waals surface area contributed by atoms with Gasteiger partial charge in [0.2, 0.25) is 5.95 Å². The summed E-state index contributed by atoms with van der Waals surface area (Å²) in [5.41, 5.74) is 11.1. The smallest absolute Gasteiger partial charge is 0.201 e. The lowest BCUT2D eigenvalue weighted by atomic mass is 9.77. The van der Waals surface area contributed by atoms with Gasteiger partial charge in [0.15, 0.2) is 0 Å². The second kappa shape index (κ2) is 3.85. The van der Waals surface area contributed by atoms with Crippen LogP contribution in [0, 0.1) is 0 Å². The lowest BCUT2D eigenvalue weighted by molar-refractivity contribution is 0.521. The molecule has 3 nitrogen and oxygen atoms in total. The van der Waals surface area contributed by atoms with Crippen molar-refractivity contribution < 1.29 is 0 Å². The molecule has 0 spiro atoms. The highest BCUT2D eigenvalue weighted by molar-refractivity contribution is 5.78. The molecule has 0 amide bonds. The third-order valence-electron chi connectivity index (χ3n) is 4.05. The van der Waals surface area contributed by atoms with E-state index in [-0.39, 0.29) is 0 Å². The van der Waals surface area contributed by atoms with Gasteiger partial charge in [-0.1, -0.05) is 36.4 Å². The van der Waals surface area contributed by atoms with Crippen molar-refractivity contribution in [3.8, 4) is 0 Å². The van der Waals surface area contributed by atoms with Crippen LogP contribution in [0.5, 0.6) is 0 Å². The van der Waals surface area contributed by atoms with Gasteiger partial charge in [-0.2, -0.15) is 0 Å². The number of rotatable bonds is 2. The van der Waals surface area contributed by atoms with Crippen LogP contribution < -0.4 is 5.73 Å². The number of nitrogens with two attached hydrogens (primary N) is 1. The van der Waals surface area contributed by atoms with E-state index in [9.17, 15) is 0 Å². The molecule has 0 bridgehead atoms. The van der Waals surface area contributed by atoms with Crippen molar-refractivity contribution in [1.82, 2.24) is 9.55 Å². The molecular formula is C16H15N3. The van der Waals surface area contributed by atoms with Crippen molar-refractivity contribution in [3.05, 3.63) is 59.7 Å². The molecular weight excluding hydrogens is 234 g/mol. The molecule has 1 unspecified atom stereocenters. The van der Waals surface area contributed by atoms with E-state index in [1.165, 1.54) is 11.1 Å². The Kier molecular flexibility index (Phi) is 2.15. The van der Waals surface area contributed by atoms with Gasteiger partial charge in [-0.15, -0.1) is 0 Å². The first-order chi connectivity index (χ1) is 9.33. The van der Waals surface area contributed by atoms with Crippen molar-refractivity contribution in [2.45, 2.75) is 18.9 Å². The average molecular weight is 249 g/mol. The summed E-state index contributed by atoms with van der Waals surface area (Å²) in [6.45, 7) is 0.920. The second-order valence-electron chi connectivity index (χ2n) is 5.17. The molecule has 1 heterocycles. The topological polar surface area (TPSA) is 43.8 Å². The number of nitrogen functional groups attached to an aromatic ring is 1. The van der Waals surface area contributed by atoms with Crippen molar-refractivity contribution >= 4 is 17.0 Å². The predicted octanol–water partition coefficient (Wildman–Crippen LogP) is 2.96. The van der Waals surface area contributed by atoms with Crippen LogP contribution >= 0.6 is 0 Å². The molecule has 0 saturated heterocycles. The fourth-order valence-electron chi connectivity index (χ4n) is 3.03. The fraction of sp³-hybridized carbons (Fsp3) is 0.188. The van der Waals surface area contributed by atoms with E-state index < -0.39 is 0 Å². The molecule has 0 aliphatic heterocycles. The van der Waals surface area contributed by atoms with Gasteiger partial charge in [-0.25, -0.2) is 4.98 Å². The zero-order chi connectivity index (χ0) is 12.8. The maximum absolute atomic E-state index is 6.05. The molecule has 1 aromatic heterocycles. The summed E-state index contributed by atoms with van der Waals surface area (Å²) in [5.74, 6) is 1.18. The first-order valence-corrected chi connectivity index (χ1v) is 6.61. The Morgan fingerprint density at radius 2 is 1.89 bits per heavy atom. The van der Waals surface area contributed by atoms with Gasteiger partial charge in [-0.3, -0.25) is 0 Å². The number of fused-ring (bicyclic) bond motifs is 2. The van der Waals surface area contributed by atoms with Gasteiger partial charge in [0.25, 0.3) is 0 Å². The first-order valence-electron chi connectivity index (χ1n) is 6.61. The van der Waals surface area contributed by atoms with E-state index >= 15 is 0 Å². The summed E-state index contributed by atoms with van der Waals surface area (Å²) in [7, 11) is 0. The average Bonchev–Trinajstić information content (AvgIpc) is 2.72. The maximum Gasteiger partial charge on any atom is 0.201 e. The number of anilines is 1. The van der Waals surface area contributed by atoms with Crippen LogP contribution in [0.1, 0.15) is 17.0 Å². The number of benzene rings is 2. The summed E-state index contributed by atoms with van der Waals surface area (Å²) >= 11 is 0. The van der Waals surface area contributed by atoms with Crippen LogP contribution in [-0.4, -0.2) is 9.55 Å². The van der Waals surface area contributed by atoms with E-state index in [0.717, 1.165) is 24.0 Å². The van der Waals surface area contributed by atoms with Crippen LogP contribution in [-0.2, 0) is 13.0 Å². The Hall–Kier alpha value is -2.29. The SMILES string of the molecule is Nc1nc2ccccc2n1CC1Cc2ccccc21. The van der Waals surface area contributed by atoms with E-state index in [2.05, 4.69) is 39.9 Å². The minimum absolute atomic E-state index is 0.566. The minimum atomic E-state index is 0.566. The van der Waals surface area contributed by atoms with Crippen LogP contribution in [0.2, 0.25) is 0 Å². The first kappa shape index (κ1) is 10.6. The van der Waals surface area contributed by atoms with Gasteiger partial charge in [0, 0.05) is 12.5 Å². The molecule has 94 valence electrons. The van der Waals surface area contributed by atoms with Crippen LogP contribution in [0.15, 0.2) is 48.5 Å². The summed E-state index contributed by atoms with van der Waals surface area (Å²) in [5, 5.41) is 0.